The molecule has 0 radical (unpaired) electrons. The zero-order valence-corrected chi connectivity index (χ0v) is 13.1. The van der Waals surface area contributed by atoms with E-state index in [1.807, 2.05) is 7.05 Å². The Balaban J connectivity index is 3.39. The number of rotatable bonds is 13. The summed E-state index contributed by atoms with van der Waals surface area (Å²) >= 11 is 0. The van der Waals surface area contributed by atoms with Gasteiger partial charge in [0, 0.05) is 12.6 Å². The lowest BCUT2D eigenvalue weighted by molar-refractivity contribution is 0.0466. The van der Waals surface area contributed by atoms with Gasteiger partial charge in [-0.1, -0.05) is 58.3 Å². The maximum absolute atomic E-state index is 5.65. The Kier molecular flexibility index (Phi) is 13.3. The second kappa shape index (κ2) is 13.4. The Hall–Kier alpha value is -0.0800. The minimum atomic E-state index is 0.338. The van der Waals surface area contributed by atoms with E-state index in [1.54, 1.807) is 0 Å². The quantitative estimate of drug-likeness (QED) is 0.489. The first-order valence-corrected chi connectivity index (χ1v) is 8.05. The zero-order chi connectivity index (χ0) is 13.6. The number of nitrogens with one attached hydrogen (secondary N) is 1. The van der Waals surface area contributed by atoms with Crippen molar-refractivity contribution in [2.75, 3.05) is 13.7 Å². The molecule has 2 atom stereocenters. The van der Waals surface area contributed by atoms with E-state index in [0.29, 0.717) is 12.1 Å². The molecule has 0 rings (SSSR count). The molecule has 2 heteroatoms. The summed E-state index contributed by atoms with van der Waals surface area (Å²) in [5.74, 6) is 0. The maximum Gasteiger partial charge on any atom is 0.0699 e. The molecule has 0 fully saturated rings. The Morgan fingerprint density at radius 2 is 1.44 bits per heavy atom. The van der Waals surface area contributed by atoms with E-state index in [-0.39, 0.29) is 0 Å². The van der Waals surface area contributed by atoms with E-state index >= 15 is 0 Å². The van der Waals surface area contributed by atoms with E-state index in [9.17, 15) is 0 Å². The number of unbranched alkanes of at least 4 members (excludes halogenated alkanes) is 7. The third-order valence-corrected chi connectivity index (χ3v) is 3.74. The molecule has 110 valence electrons. The summed E-state index contributed by atoms with van der Waals surface area (Å²) in [6.07, 6.45) is 12.7. The number of ether oxygens (including phenoxy) is 1. The zero-order valence-electron chi connectivity index (χ0n) is 13.1. The van der Waals surface area contributed by atoms with Crippen LogP contribution in [0.3, 0.4) is 0 Å². The van der Waals surface area contributed by atoms with Crippen LogP contribution in [0.15, 0.2) is 0 Å². The standard InChI is InChI=1S/C16H35NO/c1-5-7-8-9-10-11-12-13-14-16(17-4)15(3)18-6-2/h15-17H,5-14H2,1-4H3. The van der Waals surface area contributed by atoms with E-state index in [1.165, 1.54) is 57.8 Å². The van der Waals surface area contributed by atoms with Crippen molar-refractivity contribution in [2.24, 2.45) is 0 Å². The summed E-state index contributed by atoms with van der Waals surface area (Å²) in [6, 6.07) is 0.519. The van der Waals surface area contributed by atoms with E-state index in [4.69, 9.17) is 4.74 Å². The molecular formula is C16H35NO. The van der Waals surface area contributed by atoms with Gasteiger partial charge >= 0.3 is 0 Å². The minimum absolute atomic E-state index is 0.338. The van der Waals surface area contributed by atoms with E-state index in [2.05, 4.69) is 26.1 Å². The molecule has 0 spiro atoms. The van der Waals surface area contributed by atoms with Crippen LogP contribution in [0.5, 0.6) is 0 Å². The van der Waals surface area contributed by atoms with Crippen molar-refractivity contribution in [3.8, 4) is 0 Å². The lowest BCUT2D eigenvalue weighted by Gasteiger charge is -2.23. The molecule has 0 aromatic carbocycles. The minimum Gasteiger partial charge on any atom is -0.377 e. The van der Waals surface area contributed by atoms with Crippen LogP contribution in [0, 0.1) is 0 Å². The SMILES string of the molecule is CCCCCCCCCCC(NC)C(C)OCC. The third-order valence-electron chi connectivity index (χ3n) is 3.74. The van der Waals surface area contributed by atoms with Crippen LogP contribution >= 0.6 is 0 Å². The molecule has 0 aliphatic heterocycles. The van der Waals surface area contributed by atoms with Crippen molar-refractivity contribution in [3.05, 3.63) is 0 Å². The number of hydrogen-bond donors (Lipinski definition) is 1. The molecule has 0 saturated heterocycles. The van der Waals surface area contributed by atoms with Crippen LogP contribution in [0.25, 0.3) is 0 Å². The average Bonchev–Trinajstić information content (AvgIpc) is 2.37. The van der Waals surface area contributed by atoms with Crippen LogP contribution in [-0.4, -0.2) is 25.8 Å². The van der Waals surface area contributed by atoms with Gasteiger partial charge in [0.05, 0.1) is 6.10 Å². The van der Waals surface area contributed by atoms with Gasteiger partial charge in [-0.2, -0.15) is 0 Å². The Morgan fingerprint density at radius 3 is 1.94 bits per heavy atom. The molecule has 0 bridgehead atoms. The summed E-state index contributed by atoms with van der Waals surface area (Å²) in [5, 5.41) is 3.38. The molecule has 18 heavy (non-hydrogen) atoms. The molecule has 0 aliphatic rings. The van der Waals surface area contributed by atoms with Gasteiger partial charge in [0.1, 0.15) is 0 Å². The molecule has 0 saturated carbocycles. The van der Waals surface area contributed by atoms with Crippen molar-refractivity contribution >= 4 is 0 Å². The monoisotopic (exact) mass is 257 g/mol. The van der Waals surface area contributed by atoms with Crippen LogP contribution in [0.1, 0.15) is 78.6 Å². The predicted molar refractivity (Wildman–Crippen MR) is 81.2 cm³/mol. The molecule has 0 aliphatic carbocycles. The fraction of sp³-hybridized carbons (Fsp3) is 1.00. The lowest BCUT2D eigenvalue weighted by Crippen LogP contribution is -2.37. The topological polar surface area (TPSA) is 21.3 Å². The molecule has 2 nitrogen and oxygen atoms in total. The molecular weight excluding hydrogens is 222 g/mol. The van der Waals surface area contributed by atoms with Gasteiger partial charge in [-0.05, 0) is 27.3 Å². The molecule has 2 unspecified atom stereocenters. The van der Waals surface area contributed by atoms with Crippen LogP contribution in [-0.2, 0) is 4.74 Å². The van der Waals surface area contributed by atoms with Gasteiger partial charge in [-0.3, -0.25) is 0 Å². The van der Waals surface area contributed by atoms with E-state index in [0.717, 1.165) is 6.61 Å². The summed E-state index contributed by atoms with van der Waals surface area (Å²) in [7, 11) is 2.05. The van der Waals surface area contributed by atoms with Crippen LogP contribution in [0.2, 0.25) is 0 Å². The molecule has 0 aromatic heterocycles. The summed E-state index contributed by atoms with van der Waals surface area (Å²) in [6.45, 7) is 7.34. The van der Waals surface area contributed by atoms with Crippen molar-refractivity contribution in [1.82, 2.24) is 5.32 Å². The smallest absolute Gasteiger partial charge is 0.0699 e. The highest BCUT2D eigenvalue weighted by Gasteiger charge is 2.14. The van der Waals surface area contributed by atoms with Gasteiger partial charge in [0.2, 0.25) is 0 Å². The normalized spacial score (nSPS) is 14.7. The first-order chi connectivity index (χ1) is 8.76. The Labute approximate surface area is 115 Å². The van der Waals surface area contributed by atoms with Crippen molar-refractivity contribution in [2.45, 2.75) is 90.7 Å². The average molecular weight is 257 g/mol. The van der Waals surface area contributed by atoms with E-state index < -0.39 is 0 Å². The summed E-state index contributed by atoms with van der Waals surface area (Å²) in [4.78, 5) is 0. The predicted octanol–water partition coefficient (Wildman–Crippen LogP) is 4.53. The van der Waals surface area contributed by atoms with Crippen molar-refractivity contribution in [1.29, 1.82) is 0 Å². The third kappa shape index (κ3) is 9.90. The number of likely N-dealkylation sites (N-methyl/N-ethyl adjacent to an activating group) is 1. The Morgan fingerprint density at radius 1 is 0.889 bits per heavy atom. The highest BCUT2D eigenvalue weighted by atomic mass is 16.5. The van der Waals surface area contributed by atoms with Gasteiger partial charge in [-0.15, -0.1) is 0 Å². The van der Waals surface area contributed by atoms with Gasteiger partial charge in [0.25, 0.3) is 0 Å². The number of hydrogen-bond acceptors (Lipinski definition) is 2. The summed E-state index contributed by atoms with van der Waals surface area (Å²) < 4.78 is 5.65. The fourth-order valence-electron chi connectivity index (χ4n) is 2.49. The highest BCUT2D eigenvalue weighted by molar-refractivity contribution is 4.71. The largest absolute Gasteiger partial charge is 0.377 e. The highest BCUT2D eigenvalue weighted by Crippen LogP contribution is 2.12. The molecule has 0 aromatic rings. The van der Waals surface area contributed by atoms with Gasteiger partial charge < -0.3 is 10.1 Å². The second-order valence-corrected chi connectivity index (χ2v) is 5.32. The first kappa shape index (κ1) is 17.9. The van der Waals surface area contributed by atoms with Crippen molar-refractivity contribution < 1.29 is 4.74 Å². The summed E-state index contributed by atoms with van der Waals surface area (Å²) in [5.41, 5.74) is 0. The molecule has 0 heterocycles. The maximum atomic E-state index is 5.65. The molecule has 1 N–H and O–H groups in total. The van der Waals surface area contributed by atoms with Crippen LogP contribution in [0.4, 0.5) is 0 Å². The first-order valence-electron chi connectivity index (χ1n) is 8.05. The van der Waals surface area contributed by atoms with Gasteiger partial charge in [0.15, 0.2) is 0 Å². The second-order valence-electron chi connectivity index (χ2n) is 5.32. The Bertz CT molecular complexity index is 161. The van der Waals surface area contributed by atoms with Crippen molar-refractivity contribution in [3.63, 3.8) is 0 Å². The van der Waals surface area contributed by atoms with Gasteiger partial charge in [-0.25, -0.2) is 0 Å². The lowest BCUT2D eigenvalue weighted by atomic mass is 10.0. The molecule has 0 amide bonds. The van der Waals surface area contributed by atoms with Crippen LogP contribution < -0.4 is 5.32 Å². The fourth-order valence-corrected chi connectivity index (χ4v) is 2.49.